The van der Waals surface area contributed by atoms with Gasteiger partial charge in [0.2, 0.25) is 5.78 Å². The Morgan fingerprint density at radius 2 is 1.70 bits per heavy atom. The number of carbonyl (C=O) groups is 2. The highest BCUT2D eigenvalue weighted by Gasteiger charge is 2.22. The lowest BCUT2D eigenvalue weighted by atomic mass is 9.96. The summed E-state index contributed by atoms with van der Waals surface area (Å²) < 4.78 is 5.96. The van der Waals surface area contributed by atoms with E-state index >= 15 is 0 Å². The maximum absolute atomic E-state index is 12.6. The molecule has 0 aliphatic carbocycles. The van der Waals surface area contributed by atoms with Crippen molar-refractivity contribution in [2.24, 2.45) is 0 Å². The normalized spacial score (nSPS) is 11.9. The van der Waals surface area contributed by atoms with Crippen LogP contribution in [0.25, 0.3) is 0 Å². The minimum atomic E-state index is -0.859. The van der Waals surface area contributed by atoms with Crippen molar-refractivity contribution in [2.45, 2.75) is 33.8 Å². The van der Waals surface area contributed by atoms with E-state index in [1.54, 1.807) is 19.2 Å². The smallest absolute Gasteiger partial charge is 0.340 e. The Bertz CT molecular complexity index is 771. The Labute approximate surface area is 144 Å². The van der Waals surface area contributed by atoms with E-state index in [9.17, 15) is 9.59 Å². The van der Waals surface area contributed by atoms with Gasteiger partial charge in [0.1, 0.15) is 0 Å². The van der Waals surface area contributed by atoms with Crippen molar-refractivity contribution in [3.8, 4) is 0 Å². The van der Waals surface area contributed by atoms with Crippen molar-refractivity contribution in [3.05, 3.63) is 62.9 Å². The van der Waals surface area contributed by atoms with Crippen molar-refractivity contribution in [2.75, 3.05) is 0 Å². The van der Waals surface area contributed by atoms with Gasteiger partial charge in [-0.1, -0.05) is 6.07 Å². The molecule has 0 radical (unpaired) electrons. The predicted octanol–water partition coefficient (Wildman–Crippen LogP) is 4.20. The Balaban J connectivity index is 2.17. The van der Waals surface area contributed by atoms with Gasteiger partial charge in [0.15, 0.2) is 6.10 Å². The van der Waals surface area contributed by atoms with Crippen LogP contribution in [-0.4, -0.2) is 22.8 Å². The highest BCUT2D eigenvalue weighted by atomic mass is 79.9. The molecule has 4 nitrogen and oxygen atoms in total. The molecule has 0 spiro atoms. The Hall–Kier alpha value is -2.01. The van der Waals surface area contributed by atoms with Crippen LogP contribution in [0.5, 0.6) is 0 Å². The summed E-state index contributed by atoms with van der Waals surface area (Å²) in [5.74, 6) is -0.775. The van der Waals surface area contributed by atoms with Gasteiger partial charge in [0.25, 0.3) is 0 Å². The molecule has 0 N–H and O–H groups in total. The number of esters is 1. The third-order valence-corrected chi connectivity index (χ3v) is 4.13. The average molecular weight is 376 g/mol. The number of halogens is 1. The highest BCUT2D eigenvalue weighted by molar-refractivity contribution is 9.10. The summed E-state index contributed by atoms with van der Waals surface area (Å²) in [7, 11) is 0. The van der Waals surface area contributed by atoms with Gasteiger partial charge in [-0.25, -0.2) is 4.79 Å². The zero-order valence-electron chi connectivity index (χ0n) is 13.5. The standard InChI is InChI=1S/C18H18BrNO3/c1-10-5-12(3)16(6-11(10)2)17(21)13(4)23-18(22)14-7-15(19)9-20-8-14/h5-9,13H,1-4H3. The summed E-state index contributed by atoms with van der Waals surface area (Å²) in [5, 5.41) is 0. The zero-order chi connectivity index (χ0) is 17.1. The first-order valence-electron chi connectivity index (χ1n) is 7.23. The quantitative estimate of drug-likeness (QED) is 0.593. The Morgan fingerprint density at radius 1 is 1.04 bits per heavy atom. The van der Waals surface area contributed by atoms with E-state index in [-0.39, 0.29) is 5.78 Å². The maximum atomic E-state index is 12.6. The molecular weight excluding hydrogens is 358 g/mol. The average Bonchev–Trinajstić information content (AvgIpc) is 2.50. The fourth-order valence-corrected chi connectivity index (χ4v) is 2.62. The number of benzene rings is 1. The van der Waals surface area contributed by atoms with Crippen molar-refractivity contribution >= 4 is 27.7 Å². The van der Waals surface area contributed by atoms with Crippen LogP contribution in [0.4, 0.5) is 0 Å². The molecule has 0 aliphatic rings. The van der Waals surface area contributed by atoms with Crippen LogP contribution in [-0.2, 0) is 4.74 Å². The van der Waals surface area contributed by atoms with E-state index in [1.807, 2.05) is 32.9 Å². The number of ether oxygens (including phenoxy) is 1. The van der Waals surface area contributed by atoms with E-state index in [0.717, 1.165) is 16.7 Å². The lowest BCUT2D eigenvalue weighted by Crippen LogP contribution is -2.25. The molecule has 0 aliphatic heterocycles. The lowest BCUT2D eigenvalue weighted by Gasteiger charge is -2.15. The Morgan fingerprint density at radius 3 is 2.35 bits per heavy atom. The minimum absolute atomic E-state index is 0.207. The van der Waals surface area contributed by atoms with E-state index in [4.69, 9.17) is 4.74 Å². The van der Waals surface area contributed by atoms with Gasteiger partial charge in [0, 0.05) is 22.4 Å². The fraction of sp³-hybridized carbons (Fsp3) is 0.278. The molecule has 1 heterocycles. The number of hydrogen-bond donors (Lipinski definition) is 0. The second-order valence-electron chi connectivity index (χ2n) is 5.56. The topological polar surface area (TPSA) is 56.3 Å². The molecule has 1 unspecified atom stereocenters. The minimum Gasteiger partial charge on any atom is -0.451 e. The first kappa shape index (κ1) is 17.3. The van der Waals surface area contributed by atoms with Crippen molar-refractivity contribution < 1.29 is 14.3 Å². The van der Waals surface area contributed by atoms with Crippen LogP contribution >= 0.6 is 15.9 Å². The van der Waals surface area contributed by atoms with E-state index in [1.165, 1.54) is 6.20 Å². The first-order valence-corrected chi connectivity index (χ1v) is 8.02. The molecule has 0 fully saturated rings. The number of pyridine rings is 1. The molecule has 23 heavy (non-hydrogen) atoms. The van der Waals surface area contributed by atoms with Crippen molar-refractivity contribution in [1.82, 2.24) is 4.98 Å². The molecule has 0 saturated carbocycles. The fourth-order valence-electron chi connectivity index (χ4n) is 2.25. The van der Waals surface area contributed by atoms with Crippen LogP contribution in [0, 0.1) is 20.8 Å². The van der Waals surface area contributed by atoms with Gasteiger partial charge in [0.05, 0.1) is 5.56 Å². The summed E-state index contributed by atoms with van der Waals surface area (Å²) in [5.41, 5.74) is 3.93. The van der Waals surface area contributed by atoms with Gasteiger partial charge in [-0.15, -0.1) is 0 Å². The molecule has 2 aromatic rings. The number of nitrogens with zero attached hydrogens (tertiary/aromatic N) is 1. The second kappa shape index (κ2) is 7.04. The van der Waals surface area contributed by atoms with Gasteiger partial charge in [-0.05, 0) is 72.4 Å². The van der Waals surface area contributed by atoms with Gasteiger partial charge >= 0.3 is 5.97 Å². The molecule has 120 valence electrons. The highest BCUT2D eigenvalue weighted by Crippen LogP contribution is 2.19. The summed E-state index contributed by atoms with van der Waals surface area (Å²) >= 11 is 3.25. The number of Topliss-reactive ketones (excluding diaryl/α,β-unsaturated/α-hetero) is 1. The third-order valence-electron chi connectivity index (χ3n) is 3.70. The number of carbonyl (C=O) groups excluding carboxylic acids is 2. The molecule has 1 aromatic carbocycles. The van der Waals surface area contributed by atoms with Crippen LogP contribution in [0.3, 0.4) is 0 Å². The van der Waals surface area contributed by atoms with Gasteiger partial charge in [-0.2, -0.15) is 0 Å². The number of ketones is 1. The molecule has 1 atom stereocenters. The van der Waals surface area contributed by atoms with E-state index < -0.39 is 12.1 Å². The Kier molecular flexibility index (Phi) is 5.31. The number of aryl methyl sites for hydroxylation is 3. The largest absolute Gasteiger partial charge is 0.451 e. The van der Waals surface area contributed by atoms with Crippen LogP contribution < -0.4 is 0 Å². The number of aromatic nitrogens is 1. The molecule has 0 bridgehead atoms. The second-order valence-corrected chi connectivity index (χ2v) is 6.47. The predicted molar refractivity (Wildman–Crippen MR) is 91.8 cm³/mol. The van der Waals surface area contributed by atoms with Gasteiger partial charge in [-0.3, -0.25) is 9.78 Å². The molecule has 2 rings (SSSR count). The zero-order valence-corrected chi connectivity index (χ0v) is 15.1. The molecule has 1 aromatic heterocycles. The molecule has 5 heteroatoms. The summed E-state index contributed by atoms with van der Waals surface area (Å²) in [6.45, 7) is 7.42. The third kappa shape index (κ3) is 4.05. The molecule has 0 amide bonds. The van der Waals surface area contributed by atoms with Crippen LogP contribution in [0.15, 0.2) is 35.1 Å². The summed E-state index contributed by atoms with van der Waals surface area (Å²) in [6, 6.07) is 5.42. The van der Waals surface area contributed by atoms with E-state index in [2.05, 4.69) is 20.9 Å². The number of hydrogen-bond acceptors (Lipinski definition) is 4. The summed E-state index contributed by atoms with van der Waals surface area (Å²) in [4.78, 5) is 28.6. The van der Waals surface area contributed by atoms with Gasteiger partial charge < -0.3 is 4.74 Å². The van der Waals surface area contributed by atoms with Crippen molar-refractivity contribution in [3.63, 3.8) is 0 Å². The lowest BCUT2D eigenvalue weighted by molar-refractivity contribution is 0.0318. The number of rotatable bonds is 4. The van der Waals surface area contributed by atoms with E-state index in [0.29, 0.717) is 15.6 Å². The van der Waals surface area contributed by atoms with Crippen LogP contribution in [0.2, 0.25) is 0 Å². The van der Waals surface area contributed by atoms with Crippen LogP contribution in [0.1, 0.15) is 44.3 Å². The van der Waals surface area contributed by atoms with Crippen molar-refractivity contribution in [1.29, 1.82) is 0 Å². The summed E-state index contributed by atoms with van der Waals surface area (Å²) in [6.07, 6.45) is 2.12. The SMILES string of the molecule is Cc1cc(C)c(C(=O)C(C)OC(=O)c2cncc(Br)c2)cc1C. The maximum Gasteiger partial charge on any atom is 0.340 e. The first-order chi connectivity index (χ1) is 10.8. The molecular formula is C18H18BrNO3. The monoisotopic (exact) mass is 375 g/mol. The molecule has 0 saturated heterocycles.